The maximum atomic E-state index is 12.5. The minimum absolute atomic E-state index is 0.166. The van der Waals surface area contributed by atoms with Gasteiger partial charge in [-0.1, -0.05) is 19.9 Å². The van der Waals surface area contributed by atoms with Gasteiger partial charge in [0, 0.05) is 67.0 Å². The number of nitrogens with one attached hydrogen (secondary N) is 2. The summed E-state index contributed by atoms with van der Waals surface area (Å²) in [6, 6.07) is 12.0. The Kier molecular flexibility index (Phi) is 5.06. The van der Waals surface area contributed by atoms with Crippen LogP contribution in [-0.4, -0.2) is 58.1 Å². The number of H-pyrrole nitrogens is 2. The molecule has 5 heterocycles. The number of imidazole rings is 1. The Bertz CT molecular complexity index is 1300. The Morgan fingerprint density at radius 2 is 1.84 bits per heavy atom. The molecule has 164 valence electrons. The molecule has 2 aliphatic rings. The number of aromatic nitrogens is 4. The fourth-order valence-electron chi connectivity index (χ4n) is 4.93. The molecule has 32 heavy (non-hydrogen) atoms. The topological polar surface area (TPSA) is 80.9 Å². The van der Waals surface area contributed by atoms with Gasteiger partial charge in [0.05, 0.1) is 16.6 Å². The molecule has 2 saturated heterocycles. The highest BCUT2D eigenvalue weighted by molar-refractivity contribution is 5.83. The Morgan fingerprint density at radius 1 is 1.03 bits per heavy atom. The van der Waals surface area contributed by atoms with Gasteiger partial charge in [-0.05, 0) is 37.4 Å². The van der Waals surface area contributed by atoms with E-state index in [1.165, 1.54) is 18.8 Å². The van der Waals surface area contributed by atoms with Crippen LogP contribution in [0, 0.1) is 5.41 Å². The van der Waals surface area contributed by atoms with Crippen molar-refractivity contribution in [1.29, 1.82) is 0 Å². The predicted molar refractivity (Wildman–Crippen MR) is 129 cm³/mol. The van der Waals surface area contributed by atoms with Crippen LogP contribution in [-0.2, 0) is 0 Å². The monoisotopic (exact) mass is 428 g/mol. The van der Waals surface area contributed by atoms with E-state index in [1.807, 2.05) is 38.1 Å². The maximum Gasteiger partial charge on any atom is 0.259 e. The van der Waals surface area contributed by atoms with E-state index in [0.29, 0.717) is 16.8 Å². The number of nitrogens with zero attached hydrogens (tertiary/aromatic N) is 4. The third-order valence-corrected chi connectivity index (χ3v) is 6.25. The molecule has 1 aromatic carbocycles. The number of likely N-dealkylation sites (tertiary alicyclic amines) is 1. The third kappa shape index (κ3) is 3.48. The highest BCUT2D eigenvalue weighted by Gasteiger charge is 2.50. The zero-order valence-electron chi connectivity index (χ0n) is 18.7. The van der Waals surface area contributed by atoms with Gasteiger partial charge in [0.2, 0.25) is 0 Å². The highest BCUT2D eigenvalue weighted by atomic mass is 16.1. The van der Waals surface area contributed by atoms with Crippen LogP contribution >= 0.6 is 0 Å². The van der Waals surface area contributed by atoms with Gasteiger partial charge in [0.15, 0.2) is 0 Å². The minimum Gasteiger partial charge on any atom is -0.370 e. The summed E-state index contributed by atoms with van der Waals surface area (Å²) in [7, 11) is 2.18. The van der Waals surface area contributed by atoms with Crippen molar-refractivity contribution in [3.8, 4) is 22.5 Å². The van der Waals surface area contributed by atoms with Gasteiger partial charge in [-0.2, -0.15) is 0 Å². The summed E-state index contributed by atoms with van der Waals surface area (Å²) >= 11 is 0. The molecule has 0 atom stereocenters. The second kappa shape index (κ2) is 7.91. The van der Waals surface area contributed by atoms with Crippen LogP contribution < -0.4 is 10.5 Å². The van der Waals surface area contributed by atoms with E-state index in [9.17, 15) is 4.79 Å². The van der Waals surface area contributed by atoms with E-state index in [2.05, 4.69) is 48.9 Å². The highest BCUT2D eigenvalue weighted by Crippen LogP contribution is 2.41. The summed E-state index contributed by atoms with van der Waals surface area (Å²) in [5, 5.41) is 0. The number of rotatable bonds is 3. The molecule has 2 fully saturated rings. The Morgan fingerprint density at radius 3 is 2.56 bits per heavy atom. The molecule has 7 nitrogen and oxygen atoms in total. The molecule has 2 aliphatic heterocycles. The molecule has 0 aliphatic carbocycles. The van der Waals surface area contributed by atoms with Crippen LogP contribution in [0.4, 0.5) is 5.69 Å². The first-order chi connectivity index (χ1) is 15.6. The van der Waals surface area contributed by atoms with Crippen molar-refractivity contribution in [2.24, 2.45) is 5.41 Å². The van der Waals surface area contributed by atoms with E-state index < -0.39 is 0 Å². The summed E-state index contributed by atoms with van der Waals surface area (Å²) in [6.07, 6.45) is 5.22. The fourth-order valence-corrected chi connectivity index (χ4v) is 4.93. The zero-order chi connectivity index (χ0) is 22.3. The van der Waals surface area contributed by atoms with Gasteiger partial charge in [-0.15, -0.1) is 0 Å². The summed E-state index contributed by atoms with van der Waals surface area (Å²) in [5.74, 6) is 0.579. The normalized spacial score (nSPS) is 16.9. The Hall–Kier alpha value is -3.45. The lowest BCUT2D eigenvalue weighted by atomic mass is 9.73. The number of anilines is 1. The molecule has 3 aromatic heterocycles. The van der Waals surface area contributed by atoms with Crippen LogP contribution in [0.3, 0.4) is 0 Å². The first-order valence-electron chi connectivity index (χ1n) is 11.2. The minimum atomic E-state index is -0.166. The van der Waals surface area contributed by atoms with Crippen LogP contribution in [0.25, 0.3) is 33.5 Å². The van der Waals surface area contributed by atoms with Crippen LogP contribution in [0.5, 0.6) is 0 Å². The van der Waals surface area contributed by atoms with Gasteiger partial charge in [-0.3, -0.25) is 9.78 Å². The van der Waals surface area contributed by atoms with Crippen molar-refractivity contribution in [1.82, 2.24) is 24.8 Å². The van der Waals surface area contributed by atoms with Crippen molar-refractivity contribution >= 4 is 16.7 Å². The molecule has 7 heteroatoms. The van der Waals surface area contributed by atoms with Gasteiger partial charge >= 0.3 is 0 Å². The van der Waals surface area contributed by atoms with Gasteiger partial charge < -0.3 is 19.8 Å². The Labute approximate surface area is 187 Å². The lowest BCUT2D eigenvalue weighted by Gasteiger charge is -2.60. The lowest BCUT2D eigenvalue weighted by Crippen LogP contribution is -2.71. The van der Waals surface area contributed by atoms with E-state index in [4.69, 9.17) is 0 Å². The molecule has 4 aromatic rings. The summed E-state index contributed by atoms with van der Waals surface area (Å²) < 4.78 is 0. The number of hydrogen-bond acceptors (Lipinski definition) is 5. The van der Waals surface area contributed by atoms with E-state index in [0.717, 1.165) is 35.2 Å². The lowest BCUT2D eigenvalue weighted by molar-refractivity contribution is -0.00237. The molecular formula is C25H28N6O. The number of hydrogen-bond donors (Lipinski definition) is 2. The van der Waals surface area contributed by atoms with Crippen molar-refractivity contribution in [2.45, 2.75) is 13.8 Å². The van der Waals surface area contributed by atoms with Crippen molar-refractivity contribution in [3.05, 3.63) is 65.3 Å². The maximum absolute atomic E-state index is 12.5. The van der Waals surface area contributed by atoms with Crippen molar-refractivity contribution < 1.29 is 0 Å². The largest absolute Gasteiger partial charge is 0.370 e. The van der Waals surface area contributed by atoms with Crippen molar-refractivity contribution in [2.75, 3.05) is 38.1 Å². The number of benzene rings is 1. The third-order valence-electron chi connectivity index (χ3n) is 6.25. The van der Waals surface area contributed by atoms with E-state index in [-0.39, 0.29) is 5.56 Å². The van der Waals surface area contributed by atoms with E-state index >= 15 is 0 Å². The molecule has 0 bridgehead atoms. The SMILES string of the molecule is CC.CN1CC2(C1)CN(c1ccc3nc(-c4cc(-c5cccnc5)c[nH]c4=O)[nH]c3c1)C2. The molecule has 1 spiro atoms. The second-order valence-electron chi connectivity index (χ2n) is 8.69. The quantitative estimate of drug-likeness (QED) is 0.519. The van der Waals surface area contributed by atoms with E-state index in [1.54, 1.807) is 18.6 Å². The standard InChI is InChI=1S/C23H22N6O.C2H6/c1-28-11-23(12-28)13-29(14-23)17-4-5-19-20(8-17)27-21(26-19)18-7-16(10-25-22(18)30)15-3-2-6-24-9-15;1-2/h2-10H,11-14H2,1H3,(H,25,30)(H,26,27);1-2H3. The number of fused-ring (bicyclic) bond motifs is 1. The molecule has 2 N–H and O–H groups in total. The molecule has 0 radical (unpaired) electrons. The van der Waals surface area contributed by atoms with Crippen LogP contribution in [0.1, 0.15) is 13.8 Å². The van der Waals surface area contributed by atoms with Crippen LogP contribution in [0.15, 0.2) is 59.8 Å². The average molecular weight is 429 g/mol. The predicted octanol–water partition coefficient (Wildman–Crippen LogP) is 3.76. The zero-order valence-corrected chi connectivity index (χ0v) is 18.7. The second-order valence-corrected chi connectivity index (χ2v) is 8.69. The first kappa shape index (κ1) is 20.5. The summed E-state index contributed by atoms with van der Waals surface area (Å²) in [5.41, 5.74) is 5.70. The summed E-state index contributed by atoms with van der Waals surface area (Å²) in [6.45, 7) is 8.60. The molecule has 0 amide bonds. The molecule has 6 rings (SSSR count). The smallest absolute Gasteiger partial charge is 0.259 e. The average Bonchev–Trinajstić information content (AvgIpc) is 3.20. The molecule has 0 saturated carbocycles. The fraction of sp³-hybridized carbons (Fsp3) is 0.320. The van der Waals surface area contributed by atoms with Gasteiger partial charge in [-0.25, -0.2) is 4.98 Å². The Balaban J connectivity index is 0.00000105. The number of pyridine rings is 2. The summed E-state index contributed by atoms with van der Waals surface area (Å²) in [4.78, 5) is 32.3. The number of aromatic amines is 2. The first-order valence-corrected chi connectivity index (χ1v) is 11.2. The van der Waals surface area contributed by atoms with Gasteiger partial charge in [0.1, 0.15) is 5.82 Å². The molecular weight excluding hydrogens is 400 g/mol. The molecule has 0 unspecified atom stereocenters. The van der Waals surface area contributed by atoms with Crippen molar-refractivity contribution in [3.63, 3.8) is 0 Å². The van der Waals surface area contributed by atoms with Gasteiger partial charge in [0.25, 0.3) is 5.56 Å². The van der Waals surface area contributed by atoms with Crippen LogP contribution in [0.2, 0.25) is 0 Å².